The summed E-state index contributed by atoms with van der Waals surface area (Å²) in [6, 6.07) is 5.38. The van der Waals surface area contributed by atoms with Gasteiger partial charge < -0.3 is 16.0 Å². The highest BCUT2D eigenvalue weighted by atomic mass is 32.1. The minimum Gasteiger partial charge on any atom is -0.335 e. The maximum absolute atomic E-state index is 11.8. The number of fused-ring (bicyclic) bond motifs is 1. The third-order valence-electron chi connectivity index (χ3n) is 3.20. The molecule has 2 rings (SSSR count). The quantitative estimate of drug-likeness (QED) is 0.787. The summed E-state index contributed by atoms with van der Waals surface area (Å²) >= 11 is 1.39. The van der Waals surface area contributed by atoms with Gasteiger partial charge in [0, 0.05) is 18.2 Å². The van der Waals surface area contributed by atoms with E-state index >= 15 is 0 Å². The van der Waals surface area contributed by atoms with E-state index in [1.165, 1.54) is 11.3 Å². The lowest BCUT2D eigenvalue weighted by molar-refractivity contribution is -0.115. The number of anilines is 2. The molecule has 1 atom stereocenters. The molecule has 0 unspecified atom stereocenters. The second-order valence-corrected chi connectivity index (χ2v) is 6.04. The van der Waals surface area contributed by atoms with Crippen LogP contribution in [0.2, 0.25) is 0 Å². The van der Waals surface area contributed by atoms with Gasteiger partial charge >= 0.3 is 6.03 Å². The molecule has 6 nitrogen and oxygen atoms in total. The van der Waals surface area contributed by atoms with E-state index in [1.54, 1.807) is 13.0 Å². The van der Waals surface area contributed by atoms with Crippen molar-refractivity contribution in [2.24, 2.45) is 0 Å². The van der Waals surface area contributed by atoms with Gasteiger partial charge in [0.25, 0.3) is 0 Å². The highest BCUT2D eigenvalue weighted by Crippen LogP contribution is 2.28. The van der Waals surface area contributed by atoms with E-state index in [-0.39, 0.29) is 18.0 Å². The van der Waals surface area contributed by atoms with E-state index in [4.69, 9.17) is 0 Å². The number of hydrogen-bond acceptors (Lipinski definition) is 4. The summed E-state index contributed by atoms with van der Waals surface area (Å²) in [5.41, 5.74) is 1.50. The lowest BCUT2D eigenvalue weighted by Crippen LogP contribution is -2.35. The van der Waals surface area contributed by atoms with Crippen LogP contribution in [0.4, 0.5) is 15.6 Å². The Labute approximate surface area is 133 Å². The first-order valence-electron chi connectivity index (χ1n) is 7.29. The van der Waals surface area contributed by atoms with Gasteiger partial charge in [0.2, 0.25) is 5.91 Å². The minimum absolute atomic E-state index is 0.0645. The molecule has 3 N–H and O–H groups in total. The normalized spacial score (nSPS) is 12.0. The summed E-state index contributed by atoms with van der Waals surface area (Å²) in [5, 5.41) is 8.96. The fourth-order valence-electron chi connectivity index (χ4n) is 1.76. The molecule has 0 saturated heterocycles. The van der Waals surface area contributed by atoms with Gasteiger partial charge in [0.15, 0.2) is 5.13 Å². The molecule has 1 aromatic carbocycles. The number of amides is 3. The maximum atomic E-state index is 11.8. The number of urea groups is 1. The monoisotopic (exact) mass is 320 g/mol. The second-order valence-electron chi connectivity index (χ2n) is 5.01. The highest BCUT2D eigenvalue weighted by molar-refractivity contribution is 7.22. The summed E-state index contributed by atoms with van der Waals surface area (Å²) in [4.78, 5) is 27.5. The van der Waals surface area contributed by atoms with Crippen LogP contribution in [0.25, 0.3) is 10.2 Å². The van der Waals surface area contributed by atoms with Crippen LogP contribution in [0, 0.1) is 0 Å². The molecule has 0 fully saturated rings. The Morgan fingerprint density at radius 1 is 1.27 bits per heavy atom. The number of carbonyl (C=O) groups excluding carboxylic acids is 2. The van der Waals surface area contributed by atoms with Gasteiger partial charge in [-0.1, -0.05) is 25.2 Å². The molecule has 7 heteroatoms. The molecule has 0 spiro atoms. The lowest BCUT2D eigenvalue weighted by atomic mass is 10.2. The van der Waals surface area contributed by atoms with Gasteiger partial charge in [-0.2, -0.15) is 0 Å². The van der Waals surface area contributed by atoms with Crippen molar-refractivity contribution in [3.05, 3.63) is 18.2 Å². The molecule has 1 aromatic heterocycles. The van der Waals surface area contributed by atoms with Gasteiger partial charge in [-0.15, -0.1) is 0 Å². The first-order valence-corrected chi connectivity index (χ1v) is 8.11. The molecule has 2 aromatic rings. The predicted molar refractivity (Wildman–Crippen MR) is 90.4 cm³/mol. The largest absolute Gasteiger partial charge is 0.335 e. The molecule has 22 heavy (non-hydrogen) atoms. The Hall–Kier alpha value is -2.15. The highest BCUT2D eigenvalue weighted by Gasteiger charge is 2.09. The zero-order valence-corrected chi connectivity index (χ0v) is 13.7. The first-order chi connectivity index (χ1) is 10.5. The predicted octanol–water partition coefficient (Wildman–Crippen LogP) is 3.56. The van der Waals surface area contributed by atoms with Crippen molar-refractivity contribution in [1.29, 1.82) is 0 Å². The molecule has 0 aliphatic heterocycles. The van der Waals surface area contributed by atoms with E-state index in [0.29, 0.717) is 17.2 Å². The van der Waals surface area contributed by atoms with Crippen LogP contribution < -0.4 is 16.0 Å². The second kappa shape index (κ2) is 7.22. The molecule has 0 saturated carbocycles. The third kappa shape index (κ3) is 4.17. The average Bonchev–Trinajstić information content (AvgIpc) is 2.88. The van der Waals surface area contributed by atoms with Crippen LogP contribution in [0.5, 0.6) is 0 Å². The van der Waals surface area contributed by atoms with Crippen molar-refractivity contribution >= 4 is 44.3 Å². The summed E-state index contributed by atoms with van der Waals surface area (Å²) in [6.07, 6.45) is 1.29. The molecular weight excluding hydrogens is 300 g/mol. The van der Waals surface area contributed by atoms with E-state index in [0.717, 1.165) is 16.6 Å². The lowest BCUT2D eigenvalue weighted by Gasteiger charge is -2.12. The van der Waals surface area contributed by atoms with Crippen molar-refractivity contribution in [2.75, 3.05) is 10.6 Å². The fourth-order valence-corrected chi connectivity index (χ4v) is 2.68. The van der Waals surface area contributed by atoms with E-state index in [1.807, 2.05) is 26.0 Å². The summed E-state index contributed by atoms with van der Waals surface area (Å²) in [6.45, 7) is 5.76. The molecule has 3 amide bonds. The maximum Gasteiger partial charge on any atom is 0.319 e. The van der Waals surface area contributed by atoms with Crippen molar-refractivity contribution in [3.63, 3.8) is 0 Å². The van der Waals surface area contributed by atoms with E-state index in [2.05, 4.69) is 20.9 Å². The number of thiazole rings is 1. The topological polar surface area (TPSA) is 83.1 Å². The average molecular weight is 320 g/mol. The number of carbonyl (C=O) groups is 2. The van der Waals surface area contributed by atoms with Crippen molar-refractivity contribution in [2.45, 2.75) is 39.7 Å². The zero-order chi connectivity index (χ0) is 16.1. The molecule has 0 aliphatic carbocycles. The Morgan fingerprint density at radius 3 is 2.73 bits per heavy atom. The standard InChI is InChI=1S/C15H20N4O2S/c1-4-9(3)16-14(21)17-10-6-7-11-12(8-10)22-15(18-11)19-13(20)5-2/h6-9H,4-5H2,1-3H3,(H2,16,17,21)(H,18,19,20)/t9-/m0/s1. The third-order valence-corrected chi connectivity index (χ3v) is 4.14. The van der Waals surface area contributed by atoms with E-state index in [9.17, 15) is 9.59 Å². The molecule has 0 bridgehead atoms. The van der Waals surface area contributed by atoms with Gasteiger partial charge in [0.05, 0.1) is 10.2 Å². The number of nitrogens with one attached hydrogen (secondary N) is 3. The number of hydrogen-bond donors (Lipinski definition) is 3. The SMILES string of the molecule is CCC(=O)Nc1nc2ccc(NC(=O)N[C@@H](C)CC)cc2s1. The minimum atomic E-state index is -0.224. The summed E-state index contributed by atoms with van der Waals surface area (Å²) < 4.78 is 0.910. The number of aromatic nitrogens is 1. The van der Waals surface area contributed by atoms with Crippen LogP contribution in [-0.2, 0) is 4.79 Å². The van der Waals surface area contributed by atoms with Gasteiger partial charge in [-0.25, -0.2) is 9.78 Å². The smallest absolute Gasteiger partial charge is 0.319 e. The Kier molecular flexibility index (Phi) is 5.32. The van der Waals surface area contributed by atoms with Crippen molar-refractivity contribution in [1.82, 2.24) is 10.3 Å². The van der Waals surface area contributed by atoms with Gasteiger partial charge in [-0.05, 0) is 31.5 Å². The van der Waals surface area contributed by atoms with Crippen LogP contribution >= 0.6 is 11.3 Å². The van der Waals surface area contributed by atoms with Crippen LogP contribution in [0.15, 0.2) is 18.2 Å². The molecule has 0 radical (unpaired) electrons. The Bertz CT molecular complexity index is 683. The van der Waals surface area contributed by atoms with Crippen molar-refractivity contribution < 1.29 is 9.59 Å². The van der Waals surface area contributed by atoms with Gasteiger partial charge in [-0.3, -0.25) is 4.79 Å². The van der Waals surface area contributed by atoms with Gasteiger partial charge in [0.1, 0.15) is 0 Å². The number of nitrogens with zero attached hydrogens (tertiary/aromatic N) is 1. The first kappa shape index (κ1) is 16.2. The van der Waals surface area contributed by atoms with Crippen LogP contribution in [0.1, 0.15) is 33.6 Å². The van der Waals surface area contributed by atoms with Crippen LogP contribution in [-0.4, -0.2) is 23.0 Å². The molecular formula is C15H20N4O2S. The zero-order valence-electron chi connectivity index (χ0n) is 12.9. The van der Waals surface area contributed by atoms with Crippen LogP contribution in [0.3, 0.4) is 0 Å². The summed E-state index contributed by atoms with van der Waals surface area (Å²) in [5.74, 6) is -0.0645. The number of benzene rings is 1. The summed E-state index contributed by atoms with van der Waals surface area (Å²) in [7, 11) is 0. The van der Waals surface area contributed by atoms with Crippen molar-refractivity contribution in [3.8, 4) is 0 Å². The molecule has 1 heterocycles. The molecule has 0 aliphatic rings. The number of rotatable bonds is 5. The molecule has 118 valence electrons. The Balaban J connectivity index is 2.09. The van der Waals surface area contributed by atoms with E-state index < -0.39 is 0 Å². The Morgan fingerprint density at radius 2 is 2.05 bits per heavy atom. The fraction of sp³-hybridized carbons (Fsp3) is 0.400.